The number of carbonyl (C=O) groups is 1. The van der Waals surface area contributed by atoms with Crippen molar-refractivity contribution in [3.05, 3.63) is 0 Å². The molecule has 0 bridgehead atoms. The highest BCUT2D eigenvalue weighted by Gasteiger charge is 2.30. The number of nitrogens with zero attached hydrogens (tertiary/aromatic N) is 2. The molecule has 2 fully saturated rings. The number of likely N-dealkylation sites (tertiary alicyclic amines) is 2. The largest absolute Gasteiger partial charge is 0.446 e. The molecule has 2 heterocycles. The molecule has 2 unspecified atom stereocenters. The summed E-state index contributed by atoms with van der Waals surface area (Å²) in [7, 11) is 2.14. The van der Waals surface area contributed by atoms with Gasteiger partial charge in [0, 0.05) is 19.1 Å². The number of hydrogen-bond donors (Lipinski definition) is 0. The third-order valence-electron chi connectivity index (χ3n) is 4.25. The summed E-state index contributed by atoms with van der Waals surface area (Å²) in [6.45, 7) is 5.19. The van der Waals surface area contributed by atoms with Crippen molar-refractivity contribution >= 4 is 6.09 Å². The van der Waals surface area contributed by atoms with Crippen LogP contribution in [0.4, 0.5) is 4.79 Å². The van der Waals surface area contributed by atoms with Crippen LogP contribution in [0, 0.1) is 0 Å². The molecule has 0 N–H and O–H groups in total. The van der Waals surface area contributed by atoms with Crippen LogP contribution in [-0.4, -0.2) is 54.7 Å². The van der Waals surface area contributed by atoms with Crippen LogP contribution in [0.3, 0.4) is 0 Å². The first-order valence-electron chi connectivity index (χ1n) is 7.36. The van der Waals surface area contributed by atoms with Crippen LogP contribution in [0.25, 0.3) is 0 Å². The molecule has 0 aliphatic carbocycles. The fourth-order valence-electron chi connectivity index (χ4n) is 3.04. The van der Waals surface area contributed by atoms with Crippen molar-refractivity contribution in [3.63, 3.8) is 0 Å². The van der Waals surface area contributed by atoms with Crippen LogP contribution >= 0.6 is 0 Å². The third kappa shape index (κ3) is 3.37. The first kappa shape index (κ1) is 13.7. The van der Waals surface area contributed by atoms with Gasteiger partial charge in [-0.2, -0.15) is 0 Å². The van der Waals surface area contributed by atoms with Gasteiger partial charge in [-0.25, -0.2) is 4.79 Å². The topological polar surface area (TPSA) is 32.8 Å². The lowest BCUT2D eigenvalue weighted by Gasteiger charge is -2.25. The minimum Gasteiger partial charge on any atom is -0.446 e. The van der Waals surface area contributed by atoms with Crippen molar-refractivity contribution in [2.45, 2.75) is 57.6 Å². The molecule has 18 heavy (non-hydrogen) atoms. The predicted molar refractivity (Wildman–Crippen MR) is 71.6 cm³/mol. The SMILES string of the molecule is CCC1CCCN1C(=O)OC1CCCN(C)CC1. The van der Waals surface area contributed by atoms with E-state index in [-0.39, 0.29) is 12.2 Å². The highest BCUT2D eigenvalue weighted by Crippen LogP contribution is 2.22. The van der Waals surface area contributed by atoms with E-state index in [9.17, 15) is 4.79 Å². The van der Waals surface area contributed by atoms with Crippen molar-refractivity contribution in [2.24, 2.45) is 0 Å². The van der Waals surface area contributed by atoms with Gasteiger partial charge in [0.05, 0.1) is 0 Å². The molecule has 0 aromatic heterocycles. The van der Waals surface area contributed by atoms with E-state index in [4.69, 9.17) is 4.74 Å². The zero-order valence-electron chi connectivity index (χ0n) is 11.7. The number of hydrogen-bond acceptors (Lipinski definition) is 3. The second kappa shape index (κ2) is 6.41. The Kier molecular flexibility index (Phi) is 4.87. The quantitative estimate of drug-likeness (QED) is 0.759. The molecule has 2 aliphatic heterocycles. The lowest BCUT2D eigenvalue weighted by atomic mass is 10.1. The van der Waals surface area contributed by atoms with Gasteiger partial charge in [-0.1, -0.05) is 6.92 Å². The molecular weight excluding hydrogens is 228 g/mol. The Morgan fingerprint density at radius 3 is 2.72 bits per heavy atom. The molecule has 0 aromatic carbocycles. The molecule has 1 amide bonds. The van der Waals surface area contributed by atoms with Crippen molar-refractivity contribution in [1.29, 1.82) is 0 Å². The summed E-state index contributed by atoms with van der Waals surface area (Å²) in [6.07, 6.45) is 6.48. The zero-order valence-corrected chi connectivity index (χ0v) is 11.7. The fraction of sp³-hybridized carbons (Fsp3) is 0.929. The summed E-state index contributed by atoms with van der Waals surface area (Å²) >= 11 is 0. The second-order valence-electron chi connectivity index (χ2n) is 5.64. The Balaban J connectivity index is 1.83. The molecule has 0 spiro atoms. The van der Waals surface area contributed by atoms with E-state index in [0.717, 1.165) is 58.2 Å². The number of rotatable bonds is 2. The third-order valence-corrected chi connectivity index (χ3v) is 4.25. The number of carbonyl (C=O) groups excluding carboxylic acids is 1. The minimum absolute atomic E-state index is 0.0751. The van der Waals surface area contributed by atoms with Crippen molar-refractivity contribution in [3.8, 4) is 0 Å². The van der Waals surface area contributed by atoms with Gasteiger partial charge in [0.25, 0.3) is 0 Å². The highest BCUT2D eigenvalue weighted by molar-refractivity contribution is 5.68. The van der Waals surface area contributed by atoms with Gasteiger partial charge in [-0.15, -0.1) is 0 Å². The van der Waals surface area contributed by atoms with Gasteiger partial charge in [0.15, 0.2) is 0 Å². The second-order valence-corrected chi connectivity index (χ2v) is 5.64. The number of ether oxygens (including phenoxy) is 1. The fourth-order valence-corrected chi connectivity index (χ4v) is 3.04. The van der Waals surface area contributed by atoms with Crippen molar-refractivity contribution in [2.75, 3.05) is 26.7 Å². The van der Waals surface area contributed by atoms with Crippen LogP contribution in [0.5, 0.6) is 0 Å². The Labute approximate surface area is 110 Å². The Morgan fingerprint density at radius 2 is 1.94 bits per heavy atom. The maximum absolute atomic E-state index is 12.2. The lowest BCUT2D eigenvalue weighted by molar-refractivity contribution is 0.0530. The minimum atomic E-state index is -0.0751. The van der Waals surface area contributed by atoms with Gasteiger partial charge in [-0.05, 0) is 52.1 Å². The summed E-state index contributed by atoms with van der Waals surface area (Å²) in [5, 5.41) is 0. The molecule has 104 valence electrons. The summed E-state index contributed by atoms with van der Waals surface area (Å²) in [5.74, 6) is 0. The maximum Gasteiger partial charge on any atom is 0.410 e. The molecule has 2 rings (SSSR count). The monoisotopic (exact) mass is 254 g/mol. The van der Waals surface area contributed by atoms with Gasteiger partial charge in [0.2, 0.25) is 0 Å². The van der Waals surface area contributed by atoms with Crippen LogP contribution < -0.4 is 0 Å². The molecule has 2 atom stereocenters. The van der Waals surface area contributed by atoms with Crippen molar-refractivity contribution in [1.82, 2.24) is 9.80 Å². The summed E-state index contributed by atoms with van der Waals surface area (Å²) < 4.78 is 5.70. The van der Waals surface area contributed by atoms with E-state index in [1.807, 2.05) is 4.90 Å². The summed E-state index contributed by atoms with van der Waals surface area (Å²) in [5.41, 5.74) is 0. The Morgan fingerprint density at radius 1 is 1.17 bits per heavy atom. The molecule has 4 nitrogen and oxygen atoms in total. The first-order chi connectivity index (χ1) is 8.70. The van der Waals surface area contributed by atoms with Gasteiger partial charge in [-0.3, -0.25) is 0 Å². The van der Waals surface area contributed by atoms with Gasteiger partial charge >= 0.3 is 6.09 Å². The van der Waals surface area contributed by atoms with Gasteiger partial charge < -0.3 is 14.5 Å². The van der Waals surface area contributed by atoms with E-state index >= 15 is 0 Å². The predicted octanol–water partition coefficient (Wildman–Crippen LogP) is 2.48. The van der Waals surface area contributed by atoms with Crippen LogP contribution in [-0.2, 0) is 4.74 Å². The van der Waals surface area contributed by atoms with Gasteiger partial charge in [0.1, 0.15) is 6.10 Å². The summed E-state index contributed by atoms with van der Waals surface area (Å²) in [4.78, 5) is 16.4. The number of amides is 1. The summed E-state index contributed by atoms with van der Waals surface area (Å²) in [6, 6.07) is 0.408. The zero-order chi connectivity index (χ0) is 13.0. The molecule has 0 saturated carbocycles. The maximum atomic E-state index is 12.2. The standard InChI is InChI=1S/C14H26N2O2/c1-3-12-6-4-10-16(12)14(17)18-13-7-5-9-15(2)11-8-13/h12-13H,3-11H2,1-2H3. The Hall–Kier alpha value is -0.770. The molecule has 2 aliphatic rings. The first-order valence-corrected chi connectivity index (χ1v) is 7.36. The normalized spacial score (nSPS) is 30.2. The molecule has 0 aromatic rings. The smallest absolute Gasteiger partial charge is 0.410 e. The van der Waals surface area contributed by atoms with Crippen LogP contribution in [0.1, 0.15) is 45.4 Å². The van der Waals surface area contributed by atoms with E-state index in [1.54, 1.807) is 0 Å². The molecule has 0 radical (unpaired) electrons. The average Bonchev–Trinajstić information content (AvgIpc) is 2.75. The van der Waals surface area contributed by atoms with E-state index in [0.29, 0.717) is 6.04 Å². The highest BCUT2D eigenvalue weighted by atomic mass is 16.6. The van der Waals surface area contributed by atoms with Crippen LogP contribution in [0.2, 0.25) is 0 Å². The average molecular weight is 254 g/mol. The van der Waals surface area contributed by atoms with E-state index < -0.39 is 0 Å². The van der Waals surface area contributed by atoms with Crippen molar-refractivity contribution < 1.29 is 9.53 Å². The van der Waals surface area contributed by atoms with E-state index in [2.05, 4.69) is 18.9 Å². The Bertz CT molecular complexity index is 283. The molecule has 2 saturated heterocycles. The molecule has 4 heteroatoms. The molecular formula is C14H26N2O2. The van der Waals surface area contributed by atoms with E-state index in [1.165, 1.54) is 0 Å². The van der Waals surface area contributed by atoms with Crippen LogP contribution in [0.15, 0.2) is 0 Å². The lowest BCUT2D eigenvalue weighted by Crippen LogP contribution is -2.37.